The molecule has 0 N–H and O–H groups in total. The summed E-state index contributed by atoms with van der Waals surface area (Å²) in [5, 5.41) is 1.87. The van der Waals surface area contributed by atoms with Crippen LogP contribution in [0.25, 0.3) is 0 Å². The van der Waals surface area contributed by atoms with Gasteiger partial charge in [0.1, 0.15) is 5.03 Å². The minimum Gasteiger partial charge on any atom is -0.272 e. The molecule has 0 radical (unpaired) electrons. The third-order valence-electron chi connectivity index (χ3n) is 2.38. The van der Waals surface area contributed by atoms with E-state index in [4.69, 9.17) is 4.84 Å². The van der Waals surface area contributed by atoms with Crippen molar-refractivity contribution in [3.63, 3.8) is 0 Å². The number of carbonyl (C=O) groups excluding carboxylic acids is 2. The van der Waals surface area contributed by atoms with E-state index in [9.17, 15) is 9.59 Å². The molecule has 7 heteroatoms. The molecule has 0 aliphatic carbocycles. The highest BCUT2D eigenvalue weighted by atomic mass is 33.1. The SMILES string of the molecule is O=C1CCC(=O)N1OCCCSSc1ccccn1. The summed E-state index contributed by atoms with van der Waals surface area (Å²) in [6, 6.07) is 5.78. The maximum absolute atomic E-state index is 11.3. The molecule has 19 heavy (non-hydrogen) atoms. The topological polar surface area (TPSA) is 59.5 Å². The fraction of sp³-hybridized carbons (Fsp3) is 0.417. The zero-order valence-corrected chi connectivity index (χ0v) is 11.9. The van der Waals surface area contributed by atoms with Crippen molar-refractivity contribution in [2.24, 2.45) is 0 Å². The summed E-state index contributed by atoms with van der Waals surface area (Å²) in [5.74, 6) is 0.401. The lowest BCUT2D eigenvalue weighted by atomic mass is 10.4. The highest BCUT2D eigenvalue weighted by Gasteiger charge is 2.29. The summed E-state index contributed by atoms with van der Waals surface area (Å²) < 4.78 is 0. The quantitative estimate of drug-likeness (QED) is 0.437. The first-order valence-electron chi connectivity index (χ1n) is 5.96. The van der Waals surface area contributed by atoms with E-state index in [0.29, 0.717) is 6.61 Å². The average Bonchev–Trinajstić information content (AvgIpc) is 2.75. The number of imide groups is 1. The number of amides is 2. The maximum atomic E-state index is 11.3. The largest absolute Gasteiger partial charge is 0.272 e. The maximum Gasteiger partial charge on any atom is 0.253 e. The Kier molecular flexibility index (Phi) is 5.68. The Labute approximate surface area is 119 Å². The molecule has 0 bridgehead atoms. The van der Waals surface area contributed by atoms with Crippen LogP contribution < -0.4 is 0 Å². The minimum absolute atomic E-state index is 0.236. The number of pyridine rings is 1. The van der Waals surface area contributed by atoms with Crippen LogP contribution in [-0.2, 0) is 14.4 Å². The van der Waals surface area contributed by atoms with Crippen LogP contribution >= 0.6 is 21.6 Å². The Bertz CT molecular complexity index is 426. The third-order valence-corrected chi connectivity index (χ3v) is 4.73. The van der Waals surface area contributed by atoms with Crippen molar-refractivity contribution in [2.75, 3.05) is 12.4 Å². The van der Waals surface area contributed by atoms with E-state index in [2.05, 4.69) is 4.98 Å². The van der Waals surface area contributed by atoms with Crippen molar-refractivity contribution in [3.05, 3.63) is 24.4 Å². The van der Waals surface area contributed by atoms with Gasteiger partial charge in [-0.1, -0.05) is 16.9 Å². The van der Waals surface area contributed by atoms with Crippen molar-refractivity contribution in [1.29, 1.82) is 0 Å². The molecule has 2 amide bonds. The van der Waals surface area contributed by atoms with Crippen LogP contribution in [0, 0.1) is 0 Å². The van der Waals surface area contributed by atoms with Crippen molar-refractivity contribution in [2.45, 2.75) is 24.3 Å². The van der Waals surface area contributed by atoms with Gasteiger partial charge in [0.15, 0.2) is 0 Å². The van der Waals surface area contributed by atoms with Gasteiger partial charge in [0.2, 0.25) is 0 Å². The molecule has 2 heterocycles. The monoisotopic (exact) mass is 298 g/mol. The molecule has 2 rings (SSSR count). The number of nitrogens with zero attached hydrogens (tertiary/aromatic N) is 2. The highest BCUT2D eigenvalue weighted by molar-refractivity contribution is 8.76. The molecule has 0 unspecified atom stereocenters. The highest BCUT2D eigenvalue weighted by Crippen LogP contribution is 2.29. The van der Waals surface area contributed by atoms with E-state index in [0.717, 1.165) is 22.3 Å². The van der Waals surface area contributed by atoms with Gasteiger partial charge < -0.3 is 0 Å². The van der Waals surface area contributed by atoms with E-state index in [1.165, 1.54) is 0 Å². The zero-order valence-electron chi connectivity index (χ0n) is 10.3. The second kappa shape index (κ2) is 7.52. The van der Waals surface area contributed by atoms with Crippen LogP contribution in [0.1, 0.15) is 19.3 Å². The molecule has 1 aliphatic heterocycles. The normalized spacial score (nSPS) is 15.3. The predicted octanol–water partition coefficient (Wildman–Crippen LogP) is 2.29. The summed E-state index contributed by atoms with van der Waals surface area (Å²) in [5.41, 5.74) is 0. The molecule has 5 nitrogen and oxygen atoms in total. The Balaban J connectivity index is 1.55. The van der Waals surface area contributed by atoms with Gasteiger partial charge in [-0.3, -0.25) is 14.4 Å². The molecule has 1 aliphatic rings. The summed E-state index contributed by atoms with van der Waals surface area (Å²) in [6.07, 6.45) is 3.07. The van der Waals surface area contributed by atoms with Gasteiger partial charge in [0.05, 0.1) is 6.61 Å². The second-order valence-corrected chi connectivity index (χ2v) is 6.28. The van der Waals surface area contributed by atoms with E-state index >= 15 is 0 Å². The number of hydrogen-bond acceptors (Lipinski definition) is 6. The Morgan fingerprint density at radius 3 is 2.74 bits per heavy atom. The molecule has 0 spiro atoms. The molecule has 0 aromatic carbocycles. The molecule has 0 atom stereocenters. The van der Waals surface area contributed by atoms with Crippen LogP contribution in [0.2, 0.25) is 0 Å². The molecule has 0 saturated carbocycles. The van der Waals surface area contributed by atoms with E-state index in [-0.39, 0.29) is 24.7 Å². The van der Waals surface area contributed by atoms with Crippen molar-refractivity contribution in [1.82, 2.24) is 10.0 Å². The molecule has 1 fully saturated rings. The fourth-order valence-electron chi connectivity index (χ4n) is 1.47. The van der Waals surface area contributed by atoms with Gasteiger partial charge >= 0.3 is 0 Å². The lowest BCUT2D eigenvalue weighted by Gasteiger charge is -2.12. The number of aromatic nitrogens is 1. The van der Waals surface area contributed by atoms with Crippen molar-refractivity contribution < 1.29 is 14.4 Å². The van der Waals surface area contributed by atoms with Gasteiger partial charge in [-0.15, -0.1) is 0 Å². The number of rotatable bonds is 7. The first-order chi connectivity index (χ1) is 9.27. The molecule has 1 aromatic rings. The first kappa shape index (κ1) is 14.4. The van der Waals surface area contributed by atoms with Crippen LogP contribution in [0.4, 0.5) is 0 Å². The number of carbonyl (C=O) groups is 2. The lowest BCUT2D eigenvalue weighted by molar-refractivity contribution is -0.187. The van der Waals surface area contributed by atoms with E-state index in [1.54, 1.807) is 27.8 Å². The average molecular weight is 298 g/mol. The Morgan fingerprint density at radius 1 is 1.26 bits per heavy atom. The van der Waals surface area contributed by atoms with E-state index in [1.807, 2.05) is 18.2 Å². The molecular formula is C12H14N2O3S2. The van der Waals surface area contributed by atoms with Crippen LogP contribution in [0.3, 0.4) is 0 Å². The van der Waals surface area contributed by atoms with Crippen LogP contribution in [-0.4, -0.2) is 34.2 Å². The van der Waals surface area contributed by atoms with E-state index < -0.39 is 0 Å². The molecule has 1 aromatic heterocycles. The minimum atomic E-state index is -0.236. The Morgan fingerprint density at radius 2 is 2.05 bits per heavy atom. The third kappa shape index (κ3) is 4.52. The molecule has 102 valence electrons. The lowest BCUT2D eigenvalue weighted by Crippen LogP contribution is -2.29. The van der Waals surface area contributed by atoms with Crippen LogP contribution in [0.5, 0.6) is 0 Å². The van der Waals surface area contributed by atoms with Gasteiger partial charge in [-0.2, -0.15) is 5.06 Å². The van der Waals surface area contributed by atoms with Crippen molar-refractivity contribution in [3.8, 4) is 0 Å². The van der Waals surface area contributed by atoms with Gasteiger partial charge in [0.25, 0.3) is 11.8 Å². The standard InChI is InChI=1S/C12H14N2O3S2/c15-11-5-6-12(16)14(11)17-8-3-9-18-19-10-4-1-2-7-13-10/h1-2,4,7H,3,5-6,8-9H2. The van der Waals surface area contributed by atoms with Gasteiger partial charge in [0, 0.05) is 24.8 Å². The predicted molar refractivity (Wildman–Crippen MR) is 74.2 cm³/mol. The number of hydroxylamine groups is 2. The fourth-order valence-corrected chi connectivity index (χ4v) is 3.41. The van der Waals surface area contributed by atoms with Gasteiger partial charge in [-0.05, 0) is 29.3 Å². The summed E-state index contributed by atoms with van der Waals surface area (Å²) >= 11 is 0. The van der Waals surface area contributed by atoms with Crippen molar-refractivity contribution >= 4 is 33.4 Å². The van der Waals surface area contributed by atoms with Crippen LogP contribution in [0.15, 0.2) is 29.4 Å². The summed E-state index contributed by atoms with van der Waals surface area (Å²) in [7, 11) is 3.28. The van der Waals surface area contributed by atoms with Gasteiger partial charge in [-0.25, -0.2) is 4.98 Å². The number of hydrogen-bond donors (Lipinski definition) is 0. The molecular weight excluding hydrogens is 284 g/mol. The molecule has 1 saturated heterocycles. The second-order valence-electron chi connectivity index (χ2n) is 3.84. The zero-order chi connectivity index (χ0) is 13.5. The first-order valence-corrected chi connectivity index (χ1v) is 8.28. The smallest absolute Gasteiger partial charge is 0.253 e. The summed E-state index contributed by atoms with van der Waals surface area (Å²) in [6.45, 7) is 0.382. The Hall–Kier alpha value is -1.05. The summed E-state index contributed by atoms with van der Waals surface area (Å²) in [4.78, 5) is 31.9.